The van der Waals surface area contributed by atoms with Crippen molar-refractivity contribution in [3.05, 3.63) is 76.4 Å². The van der Waals surface area contributed by atoms with Crippen LogP contribution in [0.3, 0.4) is 0 Å². The fourth-order valence-electron chi connectivity index (χ4n) is 3.74. The molecule has 1 amide bonds. The van der Waals surface area contributed by atoms with Crippen molar-refractivity contribution in [3.63, 3.8) is 0 Å². The summed E-state index contributed by atoms with van der Waals surface area (Å²) >= 11 is 5.93. The largest absolute Gasteiger partial charge is 0.355 e. The SMILES string of the molecule is CCc1ccc(CN(C(=O)c2cc(-c3ccc(Cl)cc3)on2)[C@@H]2CCS(=O)(=O)C2)cc1. The van der Waals surface area contributed by atoms with Crippen molar-refractivity contribution < 1.29 is 17.7 Å². The van der Waals surface area contributed by atoms with Crippen LogP contribution in [0.4, 0.5) is 0 Å². The van der Waals surface area contributed by atoms with Gasteiger partial charge in [0.25, 0.3) is 5.91 Å². The van der Waals surface area contributed by atoms with E-state index < -0.39 is 9.84 Å². The quantitative estimate of drug-likeness (QED) is 0.547. The summed E-state index contributed by atoms with van der Waals surface area (Å²) in [6.45, 7) is 2.39. The van der Waals surface area contributed by atoms with Crippen LogP contribution in [-0.4, -0.2) is 41.9 Å². The first-order valence-electron chi connectivity index (χ1n) is 10.2. The fourth-order valence-corrected chi connectivity index (χ4v) is 5.60. The zero-order valence-electron chi connectivity index (χ0n) is 17.1. The van der Waals surface area contributed by atoms with Crippen LogP contribution in [0.2, 0.25) is 5.02 Å². The van der Waals surface area contributed by atoms with Gasteiger partial charge >= 0.3 is 0 Å². The zero-order chi connectivity index (χ0) is 22.0. The molecule has 2 aromatic carbocycles. The Morgan fingerprint density at radius 2 is 1.81 bits per heavy atom. The topological polar surface area (TPSA) is 80.5 Å². The highest BCUT2D eigenvalue weighted by atomic mass is 35.5. The molecule has 0 unspecified atom stereocenters. The van der Waals surface area contributed by atoms with Gasteiger partial charge in [-0.05, 0) is 48.2 Å². The van der Waals surface area contributed by atoms with Crippen LogP contribution in [-0.2, 0) is 22.8 Å². The predicted molar refractivity (Wildman–Crippen MR) is 120 cm³/mol. The molecular weight excluding hydrogens is 436 g/mol. The number of carbonyl (C=O) groups is 1. The van der Waals surface area contributed by atoms with Gasteiger partial charge in [0.05, 0.1) is 11.5 Å². The minimum atomic E-state index is -3.15. The van der Waals surface area contributed by atoms with Crippen molar-refractivity contribution in [1.29, 1.82) is 0 Å². The molecule has 1 aliphatic rings. The van der Waals surface area contributed by atoms with E-state index in [0.717, 1.165) is 17.5 Å². The van der Waals surface area contributed by atoms with Crippen LogP contribution >= 0.6 is 11.6 Å². The summed E-state index contributed by atoms with van der Waals surface area (Å²) in [5.74, 6) is 0.163. The average Bonchev–Trinajstić information content (AvgIpc) is 3.39. The Bertz CT molecular complexity index is 1170. The number of sulfone groups is 1. The lowest BCUT2D eigenvalue weighted by molar-refractivity contribution is 0.0670. The molecule has 0 N–H and O–H groups in total. The Balaban J connectivity index is 1.61. The third-order valence-corrected chi connectivity index (χ3v) is 7.55. The highest BCUT2D eigenvalue weighted by Crippen LogP contribution is 2.26. The summed E-state index contributed by atoms with van der Waals surface area (Å²) < 4.78 is 29.5. The number of amides is 1. The number of hydrogen-bond acceptors (Lipinski definition) is 5. The molecule has 1 aliphatic heterocycles. The van der Waals surface area contributed by atoms with Crippen LogP contribution in [0.15, 0.2) is 59.1 Å². The van der Waals surface area contributed by atoms with Crippen molar-refractivity contribution in [2.45, 2.75) is 32.4 Å². The number of hydrogen-bond donors (Lipinski definition) is 0. The molecule has 6 nitrogen and oxygen atoms in total. The van der Waals surface area contributed by atoms with Crippen LogP contribution in [0, 0.1) is 0 Å². The van der Waals surface area contributed by atoms with Crippen molar-refractivity contribution in [2.24, 2.45) is 0 Å². The summed E-state index contributed by atoms with van der Waals surface area (Å²) in [6.07, 6.45) is 1.35. The standard InChI is InChI=1S/C23H23ClN2O4S/c1-2-16-3-5-17(6-4-16)14-26(20-11-12-31(28,29)15-20)23(27)21-13-22(30-25-21)18-7-9-19(24)10-8-18/h3-10,13,20H,2,11-12,14-15H2,1H3/t20-/m1/s1. The lowest BCUT2D eigenvalue weighted by atomic mass is 10.1. The van der Waals surface area contributed by atoms with Crippen LogP contribution in [0.1, 0.15) is 35.0 Å². The predicted octanol–water partition coefficient (Wildman–Crippen LogP) is 4.39. The van der Waals surface area contributed by atoms with E-state index in [1.807, 2.05) is 24.3 Å². The second-order valence-electron chi connectivity index (χ2n) is 7.74. The normalized spacial score (nSPS) is 17.5. The van der Waals surface area contributed by atoms with Gasteiger partial charge in [-0.3, -0.25) is 4.79 Å². The maximum absolute atomic E-state index is 13.4. The van der Waals surface area contributed by atoms with Crippen molar-refractivity contribution >= 4 is 27.3 Å². The van der Waals surface area contributed by atoms with Crippen LogP contribution in [0.25, 0.3) is 11.3 Å². The van der Waals surface area contributed by atoms with E-state index in [2.05, 4.69) is 12.1 Å². The van der Waals surface area contributed by atoms with Gasteiger partial charge in [-0.1, -0.05) is 47.9 Å². The molecule has 8 heteroatoms. The fraction of sp³-hybridized carbons (Fsp3) is 0.304. The highest BCUT2D eigenvalue weighted by Gasteiger charge is 2.36. The number of aromatic nitrogens is 1. The second-order valence-corrected chi connectivity index (χ2v) is 10.4. The molecule has 1 saturated heterocycles. The Morgan fingerprint density at radius 1 is 1.13 bits per heavy atom. The molecule has 0 bridgehead atoms. The summed E-state index contributed by atoms with van der Waals surface area (Å²) in [7, 11) is -3.15. The van der Waals surface area contributed by atoms with E-state index in [-0.39, 0.29) is 29.1 Å². The Morgan fingerprint density at radius 3 is 2.42 bits per heavy atom. The summed E-state index contributed by atoms with van der Waals surface area (Å²) in [6, 6.07) is 16.2. The molecule has 3 aromatic rings. The maximum Gasteiger partial charge on any atom is 0.276 e. The third kappa shape index (κ3) is 4.99. The number of carbonyl (C=O) groups excluding carboxylic acids is 1. The summed E-state index contributed by atoms with van der Waals surface area (Å²) in [5.41, 5.74) is 3.05. The minimum Gasteiger partial charge on any atom is -0.355 e. The van der Waals surface area contributed by atoms with Gasteiger partial charge in [0.2, 0.25) is 0 Å². The van der Waals surface area contributed by atoms with Crippen LogP contribution < -0.4 is 0 Å². The molecular formula is C23H23ClN2O4S. The highest BCUT2D eigenvalue weighted by molar-refractivity contribution is 7.91. The summed E-state index contributed by atoms with van der Waals surface area (Å²) in [4.78, 5) is 15.0. The van der Waals surface area contributed by atoms with Gasteiger partial charge in [-0.15, -0.1) is 0 Å². The number of nitrogens with zero attached hydrogens (tertiary/aromatic N) is 2. The van der Waals surface area contributed by atoms with E-state index in [9.17, 15) is 13.2 Å². The van der Waals surface area contributed by atoms with E-state index in [4.69, 9.17) is 16.1 Å². The van der Waals surface area contributed by atoms with Crippen molar-refractivity contribution in [1.82, 2.24) is 10.1 Å². The van der Waals surface area contributed by atoms with Gasteiger partial charge in [-0.25, -0.2) is 8.42 Å². The maximum atomic E-state index is 13.4. The van der Waals surface area contributed by atoms with Crippen molar-refractivity contribution in [2.75, 3.05) is 11.5 Å². The molecule has 0 saturated carbocycles. The molecule has 0 spiro atoms. The summed E-state index contributed by atoms with van der Waals surface area (Å²) in [5, 5.41) is 4.56. The molecule has 31 heavy (non-hydrogen) atoms. The molecule has 1 aromatic heterocycles. The average molecular weight is 459 g/mol. The molecule has 1 atom stereocenters. The van der Waals surface area contributed by atoms with E-state index in [1.54, 1.807) is 35.2 Å². The molecule has 0 radical (unpaired) electrons. The van der Waals surface area contributed by atoms with E-state index in [0.29, 0.717) is 23.7 Å². The third-order valence-electron chi connectivity index (χ3n) is 5.55. The minimum absolute atomic E-state index is 0.0341. The monoisotopic (exact) mass is 458 g/mol. The van der Waals surface area contributed by atoms with Crippen LogP contribution in [0.5, 0.6) is 0 Å². The van der Waals surface area contributed by atoms with Crippen molar-refractivity contribution in [3.8, 4) is 11.3 Å². The number of rotatable bonds is 6. The molecule has 2 heterocycles. The molecule has 1 fully saturated rings. The number of halogens is 1. The molecule has 162 valence electrons. The lowest BCUT2D eigenvalue weighted by Crippen LogP contribution is -2.40. The first kappa shape index (κ1) is 21.6. The van der Waals surface area contributed by atoms with Gasteiger partial charge in [-0.2, -0.15) is 0 Å². The number of benzene rings is 2. The molecule has 0 aliphatic carbocycles. The lowest BCUT2D eigenvalue weighted by Gasteiger charge is -2.27. The Labute approximate surface area is 186 Å². The van der Waals surface area contributed by atoms with E-state index >= 15 is 0 Å². The first-order chi connectivity index (χ1) is 14.8. The number of aryl methyl sites for hydroxylation is 1. The van der Waals surface area contributed by atoms with Gasteiger partial charge in [0.15, 0.2) is 21.3 Å². The van der Waals surface area contributed by atoms with Gasteiger partial charge in [0, 0.05) is 29.2 Å². The Kier molecular flexibility index (Phi) is 6.16. The van der Waals surface area contributed by atoms with Gasteiger partial charge < -0.3 is 9.42 Å². The second kappa shape index (κ2) is 8.85. The molecule has 4 rings (SSSR count). The smallest absolute Gasteiger partial charge is 0.276 e. The van der Waals surface area contributed by atoms with E-state index in [1.165, 1.54) is 5.56 Å². The zero-order valence-corrected chi connectivity index (χ0v) is 18.7. The first-order valence-corrected chi connectivity index (χ1v) is 12.4. The van der Waals surface area contributed by atoms with Gasteiger partial charge in [0.1, 0.15) is 0 Å². The Hall–Kier alpha value is -2.64.